The minimum absolute atomic E-state index is 0.223. The zero-order valence-corrected chi connectivity index (χ0v) is 14.3. The fourth-order valence-electron chi connectivity index (χ4n) is 2.98. The number of benzene rings is 2. The predicted molar refractivity (Wildman–Crippen MR) is 98.2 cm³/mol. The Morgan fingerprint density at radius 2 is 1.77 bits per heavy atom. The van der Waals surface area contributed by atoms with Crippen LogP contribution in [0.3, 0.4) is 0 Å². The molecule has 6 nitrogen and oxygen atoms in total. The van der Waals surface area contributed by atoms with Crippen LogP contribution >= 0.6 is 0 Å². The second-order valence-corrected chi connectivity index (χ2v) is 6.50. The number of imide groups is 1. The first kappa shape index (κ1) is 17.8. The van der Waals surface area contributed by atoms with Crippen LogP contribution in [0.25, 0.3) is 0 Å². The van der Waals surface area contributed by atoms with Gasteiger partial charge < -0.3 is 11.1 Å². The Balaban J connectivity index is 1.54. The highest BCUT2D eigenvalue weighted by atomic mass is 16.2. The molecule has 0 radical (unpaired) electrons. The minimum atomic E-state index is -0.634. The maximum absolute atomic E-state index is 12.2. The summed E-state index contributed by atoms with van der Waals surface area (Å²) in [6.07, 6.45) is 1.19. The van der Waals surface area contributed by atoms with Crippen molar-refractivity contribution in [2.24, 2.45) is 11.7 Å². The number of nitrogens with two attached hydrogens (primary N) is 1. The molecule has 1 unspecified atom stereocenters. The van der Waals surface area contributed by atoms with Gasteiger partial charge in [-0.3, -0.25) is 19.7 Å². The topological polar surface area (TPSA) is 101 Å². The van der Waals surface area contributed by atoms with Gasteiger partial charge in [-0.05, 0) is 36.1 Å². The maximum atomic E-state index is 12.2. The molecule has 1 fully saturated rings. The van der Waals surface area contributed by atoms with Crippen LogP contribution in [0.5, 0.6) is 0 Å². The van der Waals surface area contributed by atoms with E-state index in [9.17, 15) is 14.4 Å². The number of rotatable bonds is 6. The zero-order chi connectivity index (χ0) is 18.5. The summed E-state index contributed by atoms with van der Waals surface area (Å²) in [4.78, 5) is 35.1. The molecule has 1 saturated heterocycles. The monoisotopic (exact) mass is 351 g/mol. The van der Waals surface area contributed by atoms with Crippen molar-refractivity contribution in [3.8, 4) is 0 Å². The van der Waals surface area contributed by atoms with E-state index in [4.69, 9.17) is 5.73 Å². The molecule has 2 atom stereocenters. The van der Waals surface area contributed by atoms with Gasteiger partial charge in [-0.2, -0.15) is 0 Å². The van der Waals surface area contributed by atoms with E-state index < -0.39 is 6.04 Å². The Labute approximate surface area is 151 Å². The molecule has 0 saturated carbocycles. The van der Waals surface area contributed by atoms with Gasteiger partial charge in [-0.1, -0.05) is 42.5 Å². The molecule has 1 heterocycles. The summed E-state index contributed by atoms with van der Waals surface area (Å²) < 4.78 is 0. The average Bonchev–Trinajstić information content (AvgIpc) is 2.94. The molecule has 3 rings (SSSR count). The molecule has 1 aliphatic rings. The maximum Gasteiger partial charge on any atom is 0.241 e. The summed E-state index contributed by atoms with van der Waals surface area (Å²) in [5, 5.41) is 5.11. The van der Waals surface area contributed by atoms with E-state index in [1.54, 1.807) is 12.1 Å². The lowest BCUT2D eigenvalue weighted by molar-refractivity contribution is -0.125. The van der Waals surface area contributed by atoms with Crippen molar-refractivity contribution < 1.29 is 14.4 Å². The summed E-state index contributed by atoms with van der Waals surface area (Å²) in [5.74, 6) is -1.01. The molecule has 3 amide bonds. The molecule has 26 heavy (non-hydrogen) atoms. The van der Waals surface area contributed by atoms with Gasteiger partial charge in [-0.25, -0.2) is 0 Å². The lowest BCUT2D eigenvalue weighted by Gasteiger charge is -2.13. The van der Waals surface area contributed by atoms with E-state index in [1.165, 1.54) is 0 Å². The Bertz CT molecular complexity index is 803. The minimum Gasteiger partial charge on any atom is -0.325 e. The smallest absolute Gasteiger partial charge is 0.241 e. The van der Waals surface area contributed by atoms with Gasteiger partial charge in [0.25, 0.3) is 0 Å². The molecular formula is C20H21N3O3. The van der Waals surface area contributed by atoms with Crippen molar-refractivity contribution in [1.82, 2.24) is 5.32 Å². The van der Waals surface area contributed by atoms with E-state index >= 15 is 0 Å². The molecular weight excluding hydrogens is 330 g/mol. The molecule has 2 aromatic rings. The van der Waals surface area contributed by atoms with Gasteiger partial charge >= 0.3 is 0 Å². The number of hydrogen-bond acceptors (Lipinski definition) is 4. The lowest BCUT2D eigenvalue weighted by Crippen LogP contribution is -2.37. The average molecular weight is 351 g/mol. The summed E-state index contributed by atoms with van der Waals surface area (Å²) >= 11 is 0. The first-order valence-corrected chi connectivity index (χ1v) is 8.54. The molecule has 2 aromatic carbocycles. The second-order valence-electron chi connectivity index (χ2n) is 6.50. The van der Waals surface area contributed by atoms with Gasteiger partial charge in [-0.15, -0.1) is 0 Å². The molecule has 0 bridgehead atoms. The second kappa shape index (κ2) is 7.93. The Morgan fingerprint density at radius 1 is 1.08 bits per heavy atom. The highest BCUT2D eigenvalue weighted by Crippen LogP contribution is 2.19. The van der Waals surface area contributed by atoms with Crippen molar-refractivity contribution in [1.29, 1.82) is 0 Å². The lowest BCUT2D eigenvalue weighted by atomic mass is 9.98. The first-order chi connectivity index (χ1) is 12.5. The van der Waals surface area contributed by atoms with E-state index in [2.05, 4.69) is 10.6 Å². The van der Waals surface area contributed by atoms with Crippen LogP contribution in [0.2, 0.25) is 0 Å². The summed E-state index contributed by atoms with van der Waals surface area (Å²) in [6.45, 7) is 0. The number of nitrogens with one attached hydrogen (secondary N) is 2. The fourth-order valence-corrected chi connectivity index (χ4v) is 2.98. The van der Waals surface area contributed by atoms with E-state index in [1.807, 2.05) is 42.5 Å². The third-order valence-electron chi connectivity index (χ3n) is 4.40. The quantitative estimate of drug-likeness (QED) is 0.685. The summed E-state index contributed by atoms with van der Waals surface area (Å²) in [5.41, 5.74) is 8.57. The number of amides is 3. The van der Waals surface area contributed by atoms with Crippen molar-refractivity contribution in [2.45, 2.75) is 25.3 Å². The number of carbonyl (C=O) groups is 3. The van der Waals surface area contributed by atoms with Crippen LogP contribution in [0, 0.1) is 5.92 Å². The van der Waals surface area contributed by atoms with Gasteiger partial charge in [0.1, 0.15) is 0 Å². The van der Waals surface area contributed by atoms with Crippen LogP contribution in [0.1, 0.15) is 17.5 Å². The molecule has 4 N–H and O–H groups in total. The number of anilines is 1. The van der Waals surface area contributed by atoms with Crippen molar-refractivity contribution in [2.75, 3.05) is 5.32 Å². The molecule has 1 aliphatic heterocycles. The third kappa shape index (κ3) is 4.55. The van der Waals surface area contributed by atoms with Gasteiger partial charge in [0.05, 0.1) is 12.0 Å². The molecule has 134 valence electrons. The highest BCUT2D eigenvalue weighted by molar-refractivity contribution is 6.03. The van der Waals surface area contributed by atoms with Crippen LogP contribution in [0.15, 0.2) is 54.6 Å². The number of hydrogen-bond donors (Lipinski definition) is 3. The first-order valence-electron chi connectivity index (χ1n) is 8.54. The third-order valence-corrected chi connectivity index (χ3v) is 4.40. The van der Waals surface area contributed by atoms with Crippen LogP contribution in [0.4, 0.5) is 5.69 Å². The normalized spacial score (nSPS) is 17.7. The van der Waals surface area contributed by atoms with Gasteiger partial charge in [0.15, 0.2) is 0 Å². The number of carbonyl (C=O) groups excluding carboxylic acids is 3. The molecule has 6 heteroatoms. The van der Waals surface area contributed by atoms with E-state index in [0.717, 1.165) is 11.1 Å². The summed E-state index contributed by atoms with van der Waals surface area (Å²) in [7, 11) is 0. The van der Waals surface area contributed by atoms with Crippen LogP contribution < -0.4 is 16.4 Å². The standard InChI is InChI=1S/C20H21N3O3/c21-17(11-13-4-2-1-3-5-13)20(26)22-16-8-6-14(7-9-16)10-15-12-18(24)23-19(15)25/h1-9,15,17H,10-12,21H2,(H,22,26)(H,23,24,25)/t15?,17-/m0/s1. The van der Waals surface area contributed by atoms with Crippen molar-refractivity contribution in [3.05, 3.63) is 65.7 Å². The Morgan fingerprint density at radius 3 is 2.38 bits per heavy atom. The SMILES string of the molecule is N[C@@H](Cc1ccccc1)C(=O)Nc1ccc(CC2CC(=O)NC2=O)cc1. The van der Waals surface area contributed by atoms with Crippen LogP contribution in [-0.2, 0) is 27.2 Å². The van der Waals surface area contributed by atoms with Crippen LogP contribution in [-0.4, -0.2) is 23.8 Å². The van der Waals surface area contributed by atoms with Crippen molar-refractivity contribution >= 4 is 23.4 Å². The zero-order valence-electron chi connectivity index (χ0n) is 14.3. The van der Waals surface area contributed by atoms with E-state index in [-0.39, 0.29) is 30.1 Å². The highest BCUT2D eigenvalue weighted by Gasteiger charge is 2.30. The Hall–Kier alpha value is -2.99. The molecule has 0 spiro atoms. The molecule has 0 aliphatic carbocycles. The van der Waals surface area contributed by atoms with Crippen molar-refractivity contribution in [3.63, 3.8) is 0 Å². The Kier molecular flexibility index (Phi) is 5.43. The van der Waals surface area contributed by atoms with Gasteiger partial charge in [0, 0.05) is 12.1 Å². The predicted octanol–water partition coefficient (Wildman–Crippen LogP) is 1.40. The fraction of sp³-hybridized carbons (Fsp3) is 0.250. The van der Waals surface area contributed by atoms with Gasteiger partial charge in [0.2, 0.25) is 17.7 Å². The summed E-state index contributed by atoms with van der Waals surface area (Å²) in [6, 6.07) is 16.2. The largest absolute Gasteiger partial charge is 0.325 e. The van der Waals surface area contributed by atoms with E-state index in [0.29, 0.717) is 18.5 Å². The molecule has 0 aromatic heterocycles.